The van der Waals surface area contributed by atoms with Crippen LogP contribution in [0.5, 0.6) is 0 Å². The van der Waals surface area contributed by atoms with E-state index >= 15 is 0 Å². The van der Waals surface area contributed by atoms with Gasteiger partial charge < -0.3 is 11.1 Å². The van der Waals surface area contributed by atoms with Gasteiger partial charge in [0.05, 0.1) is 26.8 Å². The van der Waals surface area contributed by atoms with Crippen LogP contribution >= 0.6 is 23.2 Å². The molecule has 0 atom stereocenters. The second-order valence-electron chi connectivity index (χ2n) is 7.83. The standard InChI is InChI=1S/C25H19Cl2N5O/c1-13-7-8-15(11-14(13)2)29-25(33)21-22-24(31-20-6-4-3-5-19(20)30-22)32(23(21)28)16-9-10-17(26)18(27)12-16/h3-12H,28H2,1-2H3,(H,29,33). The lowest BCUT2D eigenvalue weighted by molar-refractivity contribution is 0.102. The van der Waals surface area contributed by atoms with Crippen LogP contribution in [-0.2, 0) is 0 Å². The van der Waals surface area contributed by atoms with Crippen LogP contribution < -0.4 is 11.1 Å². The number of carbonyl (C=O) groups excluding carboxylic acids is 1. The fourth-order valence-electron chi connectivity index (χ4n) is 3.78. The van der Waals surface area contributed by atoms with Crippen molar-refractivity contribution in [3.63, 3.8) is 0 Å². The molecule has 1 amide bonds. The second-order valence-corrected chi connectivity index (χ2v) is 8.65. The van der Waals surface area contributed by atoms with E-state index in [-0.39, 0.29) is 17.3 Å². The number of hydrogen-bond donors (Lipinski definition) is 2. The lowest BCUT2D eigenvalue weighted by Crippen LogP contribution is -2.14. The van der Waals surface area contributed by atoms with Crippen LogP contribution in [0.3, 0.4) is 0 Å². The van der Waals surface area contributed by atoms with Gasteiger partial charge in [-0.2, -0.15) is 0 Å². The minimum Gasteiger partial charge on any atom is -0.384 e. The quantitative estimate of drug-likeness (QED) is 0.319. The Balaban J connectivity index is 1.74. The highest BCUT2D eigenvalue weighted by Gasteiger charge is 2.25. The van der Waals surface area contributed by atoms with Crippen molar-refractivity contribution in [1.29, 1.82) is 0 Å². The topological polar surface area (TPSA) is 85.8 Å². The summed E-state index contributed by atoms with van der Waals surface area (Å²) in [5.74, 6) is -0.163. The first-order valence-electron chi connectivity index (χ1n) is 10.2. The van der Waals surface area contributed by atoms with Crippen molar-refractivity contribution in [1.82, 2.24) is 14.5 Å². The first-order chi connectivity index (χ1) is 15.8. The van der Waals surface area contributed by atoms with Crippen LogP contribution in [-0.4, -0.2) is 20.4 Å². The summed E-state index contributed by atoms with van der Waals surface area (Å²) in [6, 6.07) is 18.3. The number of rotatable bonds is 3. The van der Waals surface area contributed by atoms with Crippen molar-refractivity contribution in [2.75, 3.05) is 11.1 Å². The van der Waals surface area contributed by atoms with Crippen molar-refractivity contribution >= 4 is 62.8 Å². The maximum absolute atomic E-state index is 13.4. The number of para-hydroxylation sites is 2. The van der Waals surface area contributed by atoms with Gasteiger partial charge in [0, 0.05) is 5.69 Å². The zero-order valence-corrected chi connectivity index (χ0v) is 19.4. The Morgan fingerprint density at radius 3 is 2.33 bits per heavy atom. The predicted octanol–water partition coefficient (Wildman–Crippen LogP) is 6.33. The van der Waals surface area contributed by atoms with E-state index in [1.807, 2.05) is 56.3 Å². The molecule has 0 spiro atoms. The third-order valence-electron chi connectivity index (χ3n) is 5.65. The Labute approximate surface area is 200 Å². The molecule has 5 aromatic rings. The van der Waals surface area contributed by atoms with Gasteiger partial charge in [-0.05, 0) is 67.4 Å². The zero-order chi connectivity index (χ0) is 23.3. The van der Waals surface area contributed by atoms with Crippen molar-refractivity contribution in [3.05, 3.63) is 87.4 Å². The number of nitrogens with two attached hydrogens (primary N) is 1. The monoisotopic (exact) mass is 475 g/mol. The van der Waals surface area contributed by atoms with Gasteiger partial charge in [0.25, 0.3) is 5.91 Å². The predicted molar refractivity (Wildman–Crippen MR) is 135 cm³/mol. The van der Waals surface area contributed by atoms with E-state index in [4.69, 9.17) is 38.9 Å². The van der Waals surface area contributed by atoms with E-state index in [0.717, 1.165) is 11.1 Å². The fraction of sp³-hybridized carbons (Fsp3) is 0.0800. The number of nitrogen functional groups attached to an aromatic ring is 1. The number of benzene rings is 3. The Morgan fingerprint density at radius 2 is 1.64 bits per heavy atom. The molecule has 0 aliphatic carbocycles. The SMILES string of the molecule is Cc1ccc(NC(=O)c2c(N)n(-c3ccc(Cl)c(Cl)c3)c3nc4ccccc4nc23)cc1C. The Hall–Kier alpha value is -3.61. The maximum Gasteiger partial charge on any atom is 0.261 e. The van der Waals surface area contributed by atoms with E-state index in [1.165, 1.54) is 0 Å². The Bertz CT molecular complexity index is 1570. The largest absolute Gasteiger partial charge is 0.384 e. The van der Waals surface area contributed by atoms with Gasteiger partial charge in [0.1, 0.15) is 16.9 Å². The van der Waals surface area contributed by atoms with E-state index in [9.17, 15) is 4.79 Å². The Kier molecular flexibility index (Phi) is 5.19. The first-order valence-corrected chi connectivity index (χ1v) is 11.0. The molecule has 0 aliphatic rings. The van der Waals surface area contributed by atoms with Crippen LogP contribution in [0.15, 0.2) is 60.7 Å². The second kappa shape index (κ2) is 8.06. The molecule has 164 valence electrons. The fourth-order valence-corrected chi connectivity index (χ4v) is 4.08. The molecule has 0 bridgehead atoms. The van der Waals surface area contributed by atoms with Crippen molar-refractivity contribution in [2.45, 2.75) is 13.8 Å². The van der Waals surface area contributed by atoms with Crippen molar-refractivity contribution in [2.24, 2.45) is 0 Å². The van der Waals surface area contributed by atoms with Crippen molar-refractivity contribution < 1.29 is 4.79 Å². The van der Waals surface area contributed by atoms with Gasteiger partial charge in [-0.1, -0.05) is 41.4 Å². The molecule has 8 heteroatoms. The number of nitrogens with one attached hydrogen (secondary N) is 1. The minimum atomic E-state index is -0.371. The molecule has 3 N–H and O–H groups in total. The first kappa shape index (κ1) is 21.2. The number of aryl methyl sites for hydroxylation is 2. The summed E-state index contributed by atoms with van der Waals surface area (Å²) in [5, 5.41) is 3.73. The van der Waals surface area contributed by atoms with Crippen LogP contribution in [0.4, 0.5) is 11.5 Å². The zero-order valence-electron chi connectivity index (χ0n) is 17.9. The normalized spacial score (nSPS) is 11.3. The summed E-state index contributed by atoms with van der Waals surface area (Å²) >= 11 is 12.4. The van der Waals surface area contributed by atoms with Gasteiger partial charge >= 0.3 is 0 Å². The molecule has 2 heterocycles. The smallest absolute Gasteiger partial charge is 0.261 e. The molecule has 2 aromatic heterocycles. The summed E-state index contributed by atoms with van der Waals surface area (Å²) in [6.45, 7) is 4.01. The number of nitrogens with zero attached hydrogens (tertiary/aromatic N) is 3. The molecule has 6 nitrogen and oxygen atoms in total. The van der Waals surface area contributed by atoms with E-state index in [0.29, 0.717) is 43.6 Å². The summed E-state index contributed by atoms with van der Waals surface area (Å²) in [6.07, 6.45) is 0. The summed E-state index contributed by atoms with van der Waals surface area (Å²) in [5.41, 5.74) is 12.5. The van der Waals surface area contributed by atoms with Crippen LogP contribution in [0, 0.1) is 13.8 Å². The molecule has 0 aliphatic heterocycles. The third-order valence-corrected chi connectivity index (χ3v) is 6.39. The number of hydrogen-bond acceptors (Lipinski definition) is 4. The van der Waals surface area contributed by atoms with Crippen molar-refractivity contribution in [3.8, 4) is 5.69 Å². The molecule has 0 radical (unpaired) electrons. The summed E-state index contributed by atoms with van der Waals surface area (Å²) in [4.78, 5) is 22.9. The molecular formula is C25H19Cl2N5O. The average Bonchev–Trinajstić information content (AvgIpc) is 3.07. The molecule has 0 saturated carbocycles. The summed E-state index contributed by atoms with van der Waals surface area (Å²) < 4.78 is 1.67. The van der Waals surface area contributed by atoms with E-state index in [2.05, 4.69) is 5.32 Å². The number of amides is 1. The number of halogens is 2. The Morgan fingerprint density at radius 1 is 0.909 bits per heavy atom. The average molecular weight is 476 g/mol. The number of fused-ring (bicyclic) bond motifs is 2. The number of aromatic nitrogens is 3. The molecular weight excluding hydrogens is 457 g/mol. The molecule has 5 rings (SSSR count). The number of carbonyl (C=O) groups is 1. The maximum atomic E-state index is 13.4. The highest BCUT2D eigenvalue weighted by molar-refractivity contribution is 6.42. The lowest BCUT2D eigenvalue weighted by Gasteiger charge is -2.10. The molecule has 3 aromatic carbocycles. The molecule has 0 unspecified atom stereocenters. The van der Waals surface area contributed by atoms with Gasteiger partial charge in [-0.25, -0.2) is 9.97 Å². The molecule has 0 fully saturated rings. The summed E-state index contributed by atoms with van der Waals surface area (Å²) in [7, 11) is 0. The van der Waals surface area contributed by atoms with Gasteiger partial charge in [0.15, 0.2) is 5.65 Å². The number of anilines is 2. The van der Waals surface area contributed by atoms with Gasteiger partial charge in [0.2, 0.25) is 0 Å². The third kappa shape index (κ3) is 3.67. The minimum absolute atomic E-state index is 0.208. The highest BCUT2D eigenvalue weighted by Crippen LogP contribution is 2.33. The van der Waals surface area contributed by atoms with E-state index in [1.54, 1.807) is 22.8 Å². The molecule has 33 heavy (non-hydrogen) atoms. The van der Waals surface area contributed by atoms with Gasteiger partial charge in [-0.15, -0.1) is 0 Å². The van der Waals surface area contributed by atoms with E-state index < -0.39 is 0 Å². The highest BCUT2D eigenvalue weighted by atomic mass is 35.5. The van der Waals surface area contributed by atoms with Crippen LogP contribution in [0.2, 0.25) is 10.0 Å². The van der Waals surface area contributed by atoms with Crippen LogP contribution in [0.25, 0.3) is 27.9 Å². The lowest BCUT2D eigenvalue weighted by atomic mass is 10.1. The molecule has 0 saturated heterocycles. The van der Waals surface area contributed by atoms with Gasteiger partial charge in [-0.3, -0.25) is 9.36 Å². The van der Waals surface area contributed by atoms with Crippen LogP contribution in [0.1, 0.15) is 21.5 Å².